The van der Waals surface area contributed by atoms with Crippen LogP contribution >= 0.6 is 0 Å². The summed E-state index contributed by atoms with van der Waals surface area (Å²) >= 11 is 0. The first-order valence-corrected chi connectivity index (χ1v) is 15.1. The summed E-state index contributed by atoms with van der Waals surface area (Å²) in [4.78, 5) is 38.6. The van der Waals surface area contributed by atoms with Crippen molar-refractivity contribution in [3.05, 3.63) is 124 Å². The smallest absolute Gasteiger partial charge is 0.407 e. The van der Waals surface area contributed by atoms with Crippen LogP contribution in [0.1, 0.15) is 45.7 Å². The lowest BCUT2D eigenvalue weighted by Gasteiger charge is -2.20. The van der Waals surface area contributed by atoms with E-state index >= 15 is 0 Å². The van der Waals surface area contributed by atoms with E-state index < -0.39 is 24.0 Å². The van der Waals surface area contributed by atoms with Crippen molar-refractivity contribution in [3.63, 3.8) is 0 Å². The lowest BCUT2D eigenvalue weighted by molar-refractivity contribution is -0.145. The molecule has 45 heavy (non-hydrogen) atoms. The van der Waals surface area contributed by atoms with Gasteiger partial charge in [0.05, 0.1) is 6.61 Å². The van der Waals surface area contributed by atoms with E-state index in [4.69, 9.17) is 14.2 Å². The van der Waals surface area contributed by atoms with Gasteiger partial charge >= 0.3 is 12.1 Å². The van der Waals surface area contributed by atoms with Crippen LogP contribution in [0.4, 0.5) is 4.79 Å². The highest BCUT2D eigenvalue weighted by molar-refractivity contribution is 5.88. The first-order chi connectivity index (χ1) is 21.8. The summed E-state index contributed by atoms with van der Waals surface area (Å²) in [5.41, 5.74) is 8.36. The summed E-state index contributed by atoms with van der Waals surface area (Å²) < 4.78 is 17.0. The summed E-state index contributed by atoms with van der Waals surface area (Å²) in [5.74, 6) is -0.508. The van der Waals surface area contributed by atoms with Gasteiger partial charge in [0, 0.05) is 12.3 Å². The standard InChI is InChI=1S/C37H38N2O6/c1-24-19-25(2)35(26(3)20-24)43-18-17-33(36(41)38-21-34(40)44-22-27-11-5-4-6-12-27)39-37(42)45-23-32-30-15-9-7-13-28(30)29-14-8-10-16-31(29)32/h4-16,19-20,32-33H,17-18,21-23H2,1-3H3,(H,38,41)(H,39,42). The predicted molar refractivity (Wildman–Crippen MR) is 172 cm³/mol. The monoisotopic (exact) mass is 606 g/mol. The first kappa shape index (κ1) is 31.3. The Labute approximate surface area is 263 Å². The van der Waals surface area contributed by atoms with Gasteiger partial charge in [-0.15, -0.1) is 0 Å². The Hall–Kier alpha value is -5.11. The zero-order chi connectivity index (χ0) is 31.8. The van der Waals surface area contributed by atoms with Gasteiger partial charge in [-0.2, -0.15) is 0 Å². The Kier molecular flexibility index (Phi) is 10.1. The second-order valence-corrected chi connectivity index (χ2v) is 11.3. The summed E-state index contributed by atoms with van der Waals surface area (Å²) in [6.07, 6.45) is -0.576. The molecule has 0 aromatic heterocycles. The van der Waals surface area contributed by atoms with Crippen molar-refractivity contribution in [2.45, 2.75) is 45.8 Å². The second kappa shape index (κ2) is 14.6. The van der Waals surface area contributed by atoms with Crippen LogP contribution < -0.4 is 15.4 Å². The molecular formula is C37H38N2O6. The molecule has 4 aromatic rings. The van der Waals surface area contributed by atoms with Gasteiger partial charge in [-0.25, -0.2) is 4.79 Å². The van der Waals surface area contributed by atoms with Crippen LogP contribution in [0.2, 0.25) is 0 Å². The number of carbonyl (C=O) groups is 3. The van der Waals surface area contributed by atoms with E-state index in [1.807, 2.05) is 99.6 Å². The Morgan fingerprint density at radius 1 is 0.778 bits per heavy atom. The molecule has 1 unspecified atom stereocenters. The molecule has 5 rings (SSSR count). The number of fused-ring (bicyclic) bond motifs is 3. The number of hydrogen-bond acceptors (Lipinski definition) is 6. The van der Waals surface area contributed by atoms with Crippen LogP contribution in [0.5, 0.6) is 5.75 Å². The number of carbonyl (C=O) groups excluding carboxylic acids is 3. The Morgan fingerprint density at radius 2 is 1.38 bits per heavy atom. The highest BCUT2D eigenvalue weighted by Gasteiger charge is 2.30. The molecule has 1 aliphatic rings. The zero-order valence-electron chi connectivity index (χ0n) is 25.8. The molecule has 0 saturated heterocycles. The molecule has 0 heterocycles. The fourth-order valence-corrected chi connectivity index (χ4v) is 5.80. The minimum Gasteiger partial charge on any atom is -0.493 e. The van der Waals surface area contributed by atoms with Gasteiger partial charge < -0.3 is 24.8 Å². The number of aryl methyl sites for hydroxylation is 3. The van der Waals surface area contributed by atoms with Gasteiger partial charge in [-0.3, -0.25) is 9.59 Å². The van der Waals surface area contributed by atoms with Crippen LogP contribution in [0.3, 0.4) is 0 Å². The normalized spacial score (nSPS) is 12.4. The van der Waals surface area contributed by atoms with E-state index in [0.717, 1.165) is 50.3 Å². The maximum Gasteiger partial charge on any atom is 0.407 e. The number of benzene rings is 4. The van der Waals surface area contributed by atoms with Crippen molar-refractivity contribution < 1.29 is 28.6 Å². The van der Waals surface area contributed by atoms with E-state index in [0.29, 0.717) is 0 Å². The minimum absolute atomic E-state index is 0.0973. The number of esters is 1. The van der Waals surface area contributed by atoms with Crippen LogP contribution in [-0.4, -0.2) is 43.8 Å². The van der Waals surface area contributed by atoms with E-state index in [9.17, 15) is 14.4 Å². The van der Waals surface area contributed by atoms with Crippen LogP contribution in [0.25, 0.3) is 11.1 Å². The van der Waals surface area contributed by atoms with E-state index in [-0.39, 0.29) is 38.7 Å². The van der Waals surface area contributed by atoms with E-state index in [1.54, 1.807) is 0 Å². The lowest BCUT2D eigenvalue weighted by atomic mass is 9.98. The third-order valence-corrected chi connectivity index (χ3v) is 7.86. The van der Waals surface area contributed by atoms with Crippen molar-refractivity contribution >= 4 is 18.0 Å². The molecule has 0 fully saturated rings. The molecule has 1 aliphatic carbocycles. The maximum atomic E-state index is 13.2. The molecule has 1 atom stereocenters. The average Bonchev–Trinajstić information content (AvgIpc) is 3.36. The third kappa shape index (κ3) is 7.89. The molecule has 0 spiro atoms. The topological polar surface area (TPSA) is 103 Å². The predicted octanol–water partition coefficient (Wildman–Crippen LogP) is 6.15. The number of rotatable bonds is 12. The molecule has 2 amide bonds. The quantitative estimate of drug-likeness (QED) is 0.188. The summed E-state index contributed by atoms with van der Waals surface area (Å²) in [6.45, 7) is 5.98. The summed E-state index contributed by atoms with van der Waals surface area (Å²) in [7, 11) is 0. The SMILES string of the molecule is Cc1cc(C)c(OCCC(NC(=O)OCC2c3ccccc3-c3ccccc32)C(=O)NCC(=O)OCc2ccccc2)c(C)c1. The molecule has 0 radical (unpaired) electrons. The molecule has 0 bridgehead atoms. The van der Waals surface area contributed by atoms with Crippen LogP contribution in [-0.2, 0) is 25.7 Å². The van der Waals surface area contributed by atoms with Gasteiger partial charge in [-0.05, 0) is 59.7 Å². The van der Waals surface area contributed by atoms with Gasteiger partial charge in [0.1, 0.15) is 31.5 Å². The van der Waals surface area contributed by atoms with Gasteiger partial charge in [0.2, 0.25) is 5.91 Å². The fraction of sp³-hybridized carbons (Fsp3) is 0.270. The third-order valence-electron chi connectivity index (χ3n) is 7.86. The fourth-order valence-electron chi connectivity index (χ4n) is 5.80. The van der Waals surface area contributed by atoms with Crippen LogP contribution in [0.15, 0.2) is 91.0 Å². The second-order valence-electron chi connectivity index (χ2n) is 11.3. The van der Waals surface area contributed by atoms with Gasteiger partial charge in [-0.1, -0.05) is 96.6 Å². The Balaban J connectivity index is 1.21. The van der Waals surface area contributed by atoms with E-state index in [2.05, 4.69) is 22.8 Å². The number of ether oxygens (including phenoxy) is 3. The number of alkyl carbamates (subject to hydrolysis) is 1. The summed E-state index contributed by atoms with van der Waals surface area (Å²) in [5, 5.41) is 5.28. The van der Waals surface area contributed by atoms with Crippen molar-refractivity contribution in [3.8, 4) is 16.9 Å². The lowest BCUT2D eigenvalue weighted by Crippen LogP contribution is -2.49. The molecule has 4 aromatic carbocycles. The first-order valence-electron chi connectivity index (χ1n) is 15.1. The van der Waals surface area contributed by atoms with E-state index in [1.165, 1.54) is 0 Å². The van der Waals surface area contributed by atoms with Crippen molar-refractivity contribution in [1.82, 2.24) is 10.6 Å². The molecule has 8 nitrogen and oxygen atoms in total. The molecule has 0 saturated carbocycles. The largest absolute Gasteiger partial charge is 0.493 e. The van der Waals surface area contributed by atoms with Gasteiger partial charge in [0.25, 0.3) is 0 Å². The Morgan fingerprint density at radius 3 is 2.02 bits per heavy atom. The molecule has 232 valence electrons. The number of amides is 2. The molecule has 8 heteroatoms. The van der Waals surface area contributed by atoms with Crippen molar-refractivity contribution in [2.24, 2.45) is 0 Å². The van der Waals surface area contributed by atoms with Crippen molar-refractivity contribution in [1.29, 1.82) is 0 Å². The highest BCUT2D eigenvalue weighted by Crippen LogP contribution is 2.44. The van der Waals surface area contributed by atoms with Gasteiger partial charge in [0.15, 0.2) is 0 Å². The summed E-state index contributed by atoms with van der Waals surface area (Å²) in [6, 6.07) is 28.5. The average molecular weight is 607 g/mol. The zero-order valence-corrected chi connectivity index (χ0v) is 25.8. The number of nitrogens with one attached hydrogen (secondary N) is 2. The molecule has 2 N–H and O–H groups in total. The minimum atomic E-state index is -1.01. The van der Waals surface area contributed by atoms with Crippen LogP contribution in [0, 0.1) is 20.8 Å². The molecule has 0 aliphatic heterocycles. The number of hydrogen-bond donors (Lipinski definition) is 2. The Bertz CT molecular complexity index is 1600. The maximum absolute atomic E-state index is 13.2. The molecular weight excluding hydrogens is 568 g/mol. The highest BCUT2D eigenvalue weighted by atomic mass is 16.5. The van der Waals surface area contributed by atoms with Crippen molar-refractivity contribution in [2.75, 3.05) is 19.8 Å².